The van der Waals surface area contributed by atoms with Gasteiger partial charge in [-0.3, -0.25) is 14.8 Å². The van der Waals surface area contributed by atoms with Crippen LogP contribution < -0.4 is 10.4 Å². The summed E-state index contributed by atoms with van der Waals surface area (Å²) in [4.78, 5) is 31.8. The lowest BCUT2D eigenvalue weighted by Gasteiger charge is -2.36. The van der Waals surface area contributed by atoms with Gasteiger partial charge in [0.05, 0.1) is 22.1 Å². The van der Waals surface area contributed by atoms with Crippen LogP contribution in [0.1, 0.15) is 11.4 Å². The fourth-order valence-electron chi connectivity index (χ4n) is 2.99. The van der Waals surface area contributed by atoms with Crippen molar-refractivity contribution in [2.45, 2.75) is 0 Å². The van der Waals surface area contributed by atoms with Crippen molar-refractivity contribution in [3.05, 3.63) is 71.0 Å². The Morgan fingerprint density at radius 3 is 2.28 bits per heavy atom. The minimum Gasteiger partial charge on any atom is -0.367 e. The molecule has 8 heteroatoms. The zero-order valence-electron chi connectivity index (χ0n) is 15.7. The summed E-state index contributed by atoms with van der Waals surface area (Å²) in [6, 6.07) is 13.0. The van der Waals surface area contributed by atoms with Crippen LogP contribution in [-0.4, -0.2) is 53.1 Å². The fourth-order valence-corrected chi connectivity index (χ4v) is 3.25. The highest BCUT2D eigenvalue weighted by atomic mass is 35.5. The molecule has 7 nitrogen and oxygen atoms in total. The second-order valence-electron chi connectivity index (χ2n) is 6.39. The van der Waals surface area contributed by atoms with Crippen molar-refractivity contribution in [3.8, 4) is 0 Å². The number of hydroxylamine groups is 1. The number of hydrogen-bond donors (Lipinski definition) is 2. The van der Waals surface area contributed by atoms with Gasteiger partial charge in [0.1, 0.15) is 0 Å². The molecule has 2 N–H and O–H groups in total. The van der Waals surface area contributed by atoms with E-state index in [0.717, 1.165) is 18.8 Å². The van der Waals surface area contributed by atoms with Gasteiger partial charge in [-0.25, -0.2) is 10.5 Å². The Morgan fingerprint density at radius 1 is 0.966 bits per heavy atom. The van der Waals surface area contributed by atoms with E-state index in [2.05, 4.69) is 9.88 Å². The maximum absolute atomic E-state index is 12.5. The summed E-state index contributed by atoms with van der Waals surface area (Å²) < 4.78 is 0. The molecule has 0 radical (unpaired) electrons. The van der Waals surface area contributed by atoms with E-state index in [4.69, 9.17) is 16.8 Å². The van der Waals surface area contributed by atoms with Gasteiger partial charge in [0, 0.05) is 38.3 Å². The van der Waals surface area contributed by atoms with Crippen molar-refractivity contribution in [2.75, 3.05) is 31.1 Å². The average molecular weight is 413 g/mol. The molecule has 2 aromatic rings. The van der Waals surface area contributed by atoms with Crippen molar-refractivity contribution in [3.63, 3.8) is 0 Å². The number of nitrogens with zero attached hydrogens (tertiary/aromatic N) is 3. The summed E-state index contributed by atoms with van der Waals surface area (Å²) >= 11 is 6.26. The van der Waals surface area contributed by atoms with E-state index >= 15 is 0 Å². The largest absolute Gasteiger partial charge is 0.367 e. The standard InChI is InChI=1S/C21H21ClN4O3/c22-18-6-1-2-7-19(18)25-12-14-26(15-13-25)21(28)11-9-17-5-3-4-16(23-17)8-10-20(27)24-29/h1-11,29H,12-15H2,(H,24,27)/b10-8+,11-9+. The molecular formula is C21H21ClN4O3. The summed E-state index contributed by atoms with van der Waals surface area (Å²) in [6.45, 7) is 2.66. The number of hydrogen-bond acceptors (Lipinski definition) is 5. The molecule has 1 fully saturated rings. The Kier molecular flexibility index (Phi) is 6.99. The van der Waals surface area contributed by atoms with Gasteiger partial charge in [0.2, 0.25) is 5.91 Å². The van der Waals surface area contributed by atoms with Crippen LogP contribution in [0.15, 0.2) is 54.6 Å². The molecule has 1 aliphatic heterocycles. The molecule has 1 aliphatic rings. The summed E-state index contributed by atoms with van der Waals surface area (Å²) in [5.74, 6) is -0.718. The number of piperazine rings is 1. The average Bonchev–Trinajstić information content (AvgIpc) is 2.76. The first kappa shape index (κ1) is 20.6. The van der Waals surface area contributed by atoms with Crippen LogP contribution in [0.2, 0.25) is 5.02 Å². The molecule has 2 amide bonds. The number of benzene rings is 1. The van der Waals surface area contributed by atoms with Crippen LogP contribution in [0.3, 0.4) is 0 Å². The number of aromatic nitrogens is 1. The molecule has 0 unspecified atom stereocenters. The molecule has 3 rings (SSSR count). The predicted molar refractivity (Wildman–Crippen MR) is 112 cm³/mol. The molecule has 1 aromatic heterocycles. The van der Waals surface area contributed by atoms with Crippen molar-refractivity contribution in [1.29, 1.82) is 0 Å². The Hall–Kier alpha value is -3.16. The van der Waals surface area contributed by atoms with Crippen LogP contribution in [0.25, 0.3) is 12.2 Å². The zero-order chi connectivity index (χ0) is 20.6. The maximum Gasteiger partial charge on any atom is 0.267 e. The minimum atomic E-state index is -0.640. The summed E-state index contributed by atoms with van der Waals surface area (Å²) in [6.07, 6.45) is 5.78. The first-order chi connectivity index (χ1) is 14.1. The van der Waals surface area contributed by atoms with E-state index < -0.39 is 5.91 Å². The van der Waals surface area contributed by atoms with Gasteiger partial charge in [-0.1, -0.05) is 29.8 Å². The van der Waals surface area contributed by atoms with E-state index in [1.54, 1.807) is 29.2 Å². The van der Waals surface area contributed by atoms with E-state index in [1.165, 1.54) is 23.7 Å². The highest BCUT2D eigenvalue weighted by Crippen LogP contribution is 2.26. The number of pyridine rings is 1. The fraction of sp³-hybridized carbons (Fsp3) is 0.190. The van der Waals surface area contributed by atoms with Crippen molar-refractivity contribution < 1.29 is 14.8 Å². The summed E-state index contributed by atoms with van der Waals surface area (Å²) in [5.41, 5.74) is 3.64. The lowest BCUT2D eigenvalue weighted by Crippen LogP contribution is -2.48. The monoisotopic (exact) mass is 412 g/mol. The van der Waals surface area contributed by atoms with Crippen LogP contribution in [-0.2, 0) is 9.59 Å². The van der Waals surface area contributed by atoms with Gasteiger partial charge >= 0.3 is 0 Å². The minimum absolute atomic E-state index is 0.0776. The molecular weight excluding hydrogens is 392 g/mol. The molecule has 0 atom stereocenters. The predicted octanol–water partition coefficient (Wildman–Crippen LogP) is 2.62. The molecule has 0 spiro atoms. The second-order valence-corrected chi connectivity index (χ2v) is 6.80. The SMILES string of the molecule is O=C(/C=C/c1cccc(/C=C/C(=O)N2CCN(c3ccccc3Cl)CC2)n1)NO. The van der Waals surface area contributed by atoms with Crippen LogP contribution in [0.5, 0.6) is 0 Å². The molecule has 2 heterocycles. The van der Waals surface area contributed by atoms with Crippen LogP contribution in [0.4, 0.5) is 5.69 Å². The Balaban J connectivity index is 1.57. The normalized spacial score (nSPS) is 14.6. The topological polar surface area (TPSA) is 85.8 Å². The third kappa shape index (κ3) is 5.66. The number of rotatable bonds is 5. The van der Waals surface area contributed by atoms with Crippen LogP contribution in [0, 0.1) is 0 Å². The highest BCUT2D eigenvalue weighted by Gasteiger charge is 2.20. The summed E-state index contributed by atoms with van der Waals surface area (Å²) in [5, 5.41) is 9.21. The van der Waals surface area contributed by atoms with Gasteiger partial charge in [-0.05, 0) is 36.4 Å². The molecule has 0 bridgehead atoms. The Morgan fingerprint density at radius 2 is 1.62 bits per heavy atom. The van der Waals surface area contributed by atoms with Crippen molar-refractivity contribution in [2.24, 2.45) is 0 Å². The summed E-state index contributed by atoms with van der Waals surface area (Å²) in [7, 11) is 0. The lowest BCUT2D eigenvalue weighted by molar-refractivity contribution is -0.126. The number of amides is 2. The van der Waals surface area contributed by atoms with Gasteiger partial charge in [0.15, 0.2) is 0 Å². The molecule has 0 saturated carbocycles. The zero-order valence-corrected chi connectivity index (χ0v) is 16.4. The molecule has 29 heavy (non-hydrogen) atoms. The quantitative estimate of drug-likeness (QED) is 0.448. The Bertz CT molecular complexity index is 937. The number of anilines is 1. The van der Waals surface area contributed by atoms with Crippen molar-refractivity contribution in [1.82, 2.24) is 15.4 Å². The maximum atomic E-state index is 12.5. The molecule has 1 aromatic carbocycles. The van der Waals surface area contributed by atoms with Crippen LogP contribution >= 0.6 is 11.6 Å². The first-order valence-electron chi connectivity index (χ1n) is 9.12. The number of carbonyl (C=O) groups excluding carboxylic acids is 2. The smallest absolute Gasteiger partial charge is 0.267 e. The third-order valence-electron chi connectivity index (χ3n) is 4.49. The number of carbonyl (C=O) groups is 2. The molecule has 150 valence electrons. The number of para-hydroxylation sites is 1. The van der Waals surface area contributed by atoms with Gasteiger partial charge in [0.25, 0.3) is 5.91 Å². The third-order valence-corrected chi connectivity index (χ3v) is 4.81. The van der Waals surface area contributed by atoms with Gasteiger partial charge in [-0.15, -0.1) is 0 Å². The number of halogens is 1. The Labute approximate surface area is 173 Å². The van der Waals surface area contributed by atoms with Gasteiger partial charge in [-0.2, -0.15) is 0 Å². The molecule has 0 aliphatic carbocycles. The van der Waals surface area contributed by atoms with E-state index in [1.807, 2.05) is 24.3 Å². The lowest BCUT2D eigenvalue weighted by atomic mass is 10.2. The van der Waals surface area contributed by atoms with Crippen molar-refractivity contribution >= 4 is 41.3 Å². The van der Waals surface area contributed by atoms with Gasteiger partial charge < -0.3 is 9.80 Å². The van der Waals surface area contributed by atoms with E-state index in [-0.39, 0.29) is 5.91 Å². The number of nitrogens with one attached hydrogen (secondary N) is 1. The van der Waals surface area contributed by atoms with E-state index in [9.17, 15) is 9.59 Å². The second kappa shape index (κ2) is 9.86. The first-order valence-corrected chi connectivity index (χ1v) is 9.50. The molecule has 1 saturated heterocycles. The highest BCUT2D eigenvalue weighted by molar-refractivity contribution is 6.33. The van der Waals surface area contributed by atoms with E-state index in [0.29, 0.717) is 29.5 Å².